The number of nitrogens with one attached hydrogen (secondary N) is 1. The summed E-state index contributed by atoms with van der Waals surface area (Å²) >= 11 is 0. The first-order valence-electron chi connectivity index (χ1n) is 13.2. The highest BCUT2D eigenvalue weighted by molar-refractivity contribution is 7.52. The fourth-order valence-corrected chi connectivity index (χ4v) is 6.10. The first-order chi connectivity index (χ1) is 19.5. The molecule has 0 radical (unpaired) electrons. The van der Waals surface area contributed by atoms with Crippen molar-refractivity contribution in [2.45, 2.75) is 64.8 Å². The van der Waals surface area contributed by atoms with Gasteiger partial charge in [0, 0.05) is 5.41 Å². The van der Waals surface area contributed by atoms with Gasteiger partial charge in [-0.2, -0.15) is 10.1 Å². The number of alkyl halides is 1. The molecular formula is C26H36FN6O7P. The van der Waals surface area contributed by atoms with Crippen molar-refractivity contribution in [2.24, 2.45) is 11.1 Å². The van der Waals surface area contributed by atoms with E-state index >= 15 is 4.39 Å². The number of carbonyl (C=O) groups excluding carboxylic acids is 1. The molecule has 15 heteroatoms. The van der Waals surface area contributed by atoms with Gasteiger partial charge in [-0.25, -0.2) is 18.9 Å². The summed E-state index contributed by atoms with van der Waals surface area (Å²) in [6.45, 7) is 6.39. The Balaban J connectivity index is 1.60. The van der Waals surface area contributed by atoms with Gasteiger partial charge in [-0.1, -0.05) is 25.1 Å². The van der Waals surface area contributed by atoms with Crippen LogP contribution in [0.3, 0.4) is 0 Å². The zero-order chi connectivity index (χ0) is 29.8. The van der Waals surface area contributed by atoms with Crippen LogP contribution in [0, 0.1) is 5.41 Å². The Bertz CT molecular complexity index is 1380. The monoisotopic (exact) mass is 594 g/mol. The molecule has 3 aromatic rings. The summed E-state index contributed by atoms with van der Waals surface area (Å²) in [6.07, 6.45) is -1.09. The normalized spacial score (nSPS) is 24.7. The fourth-order valence-electron chi connectivity index (χ4n) is 4.61. The van der Waals surface area contributed by atoms with Gasteiger partial charge in [0.25, 0.3) is 0 Å². The molecule has 1 saturated heterocycles. The Morgan fingerprint density at radius 3 is 2.63 bits per heavy atom. The average molecular weight is 595 g/mol. The third kappa shape index (κ3) is 6.68. The summed E-state index contributed by atoms with van der Waals surface area (Å²) in [5, 5.41) is 2.63. The van der Waals surface area contributed by atoms with Gasteiger partial charge >= 0.3 is 13.7 Å². The molecule has 2 aromatic heterocycles. The van der Waals surface area contributed by atoms with Crippen LogP contribution in [0.5, 0.6) is 11.6 Å². The van der Waals surface area contributed by atoms with Crippen LogP contribution >= 0.6 is 7.75 Å². The van der Waals surface area contributed by atoms with Gasteiger partial charge in [-0.3, -0.25) is 13.9 Å². The van der Waals surface area contributed by atoms with Crippen molar-refractivity contribution < 1.29 is 37.0 Å². The van der Waals surface area contributed by atoms with Crippen molar-refractivity contribution >= 4 is 24.9 Å². The van der Waals surface area contributed by atoms with E-state index < -0.39 is 43.7 Å². The molecule has 13 nitrogen and oxygen atoms in total. The summed E-state index contributed by atoms with van der Waals surface area (Å²) in [5.41, 5.74) is 5.39. The number of para-hydroxylation sites is 1. The van der Waals surface area contributed by atoms with E-state index in [0.717, 1.165) is 0 Å². The van der Waals surface area contributed by atoms with Gasteiger partial charge in [0.05, 0.1) is 32.3 Å². The van der Waals surface area contributed by atoms with Crippen LogP contribution in [0.4, 0.5) is 4.39 Å². The lowest BCUT2D eigenvalue weighted by Crippen LogP contribution is -2.41. The lowest BCUT2D eigenvalue weighted by molar-refractivity contribution is -0.149. The van der Waals surface area contributed by atoms with E-state index in [1.54, 1.807) is 51.1 Å². The highest BCUT2D eigenvalue weighted by Gasteiger charge is 2.55. The van der Waals surface area contributed by atoms with E-state index in [9.17, 15) is 9.36 Å². The average Bonchev–Trinajstić information content (AvgIpc) is 3.46. The fraction of sp³-hybridized carbons (Fsp3) is 0.538. The second-order valence-electron chi connectivity index (χ2n) is 10.2. The quantitative estimate of drug-likeness (QED) is 0.219. The number of hydrogen-bond donors (Lipinski definition) is 2. The predicted octanol–water partition coefficient (Wildman–Crippen LogP) is 3.56. The number of carbonyl (C=O) groups is 1. The van der Waals surface area contributed by atoms with Crippen LogP contribution in [0.1, 0.15) is 40.3 Å². The van der Waals surface area contributed by atoms with Crippen molar-refractivity contribution in [2.75, 3.05) is 20.3 Å². The van der Waals surface area contributed by atoms with Crippen molar-refractivity contribution in [3.05, 3.63) is 43.0 Å². The molecule has 6 atom stereocenters. The zero-order valence-corrected chi connectivity index (χ0v) is 24.5. The Kier molecular flexibility index (Phi) is 9.60. The maximum absolute atomic E-state index is 16.2. The molecule has 1 aliphatic heterocycles. The van der Waals surface area contributed by atoms with Crippen molar-refractivity contribution in [1.82, 2.24) is 24.6 Å². The van der Waals surface area contributed by atoms with Crippen molar-refractivity contribution in [1.29, 1.82) is 0 Å². The number of methoxy groups -OCH3 is 1. The molecule has 3 N–H and O–H groups in total. The SMILES string of the molecule is COc1ncnc2c1ncn2[C@@H]1O[C@H](COP(=O)(N[C@@H](C)C(=O)OC(C)C)Oc2ccccc2)C(C)(CCN)C1F. The molecular weight excluding hydrogens is 558 g/mol. The topological polar surface area (TPSA) is 162 Å². The summed E-state index contributed by atoms with van der Waals surface area (Å²) in [7, 11) is -2.76. The number of halogens is 1. The smallest absolute Gasteiger partial charge is 0.459 e. The molecule has 1 aliphatic rings. The second kappa shape index (κ2) is 12.8. The first kappa shape index (κ1) is 30.8. The number of hydrogen-bond acceptors (Lipinski definition) is 11. The molecule has 1 aromatic carbocycles. The Labute approximate surface area is 237 Å². The van der Waals surface area contributed by atoms with Gasteiger partial charge in [-0.15, -0.1) is 0 Å². The summed E-state index contributed by atoms with van der Waals surface area (Å²) in [6, 6.07) is 7.30. The minimum atomic E-state index is -4.21. The molecule has 0 saturated carbocycles. The molecule has 0 aliphatic carbocycles. The number of nitrogens with two attached hydrogens (primary N) is 1. The first-order valence-corrected chi connectivity index (χ1v) is 14.7. The number of imidazole rings is 1. The number of benzene rings is 1. The Hall–Kier alpha value is -3.16. The number of fused-ring (bicyclic) bond motifs is 1. The number of esters is 1. The van der Waals surface area contributed by atoms with Crippen LogP contribution in [-0.4, -0.2) is 70.2 Å². The largest absolute Gasteiger partial charge is 0.479 e. The summed E-state index contributed by atoms with van der Waals surface area (Å²) in [4.78, 5) is 25.0. The molecule has 0 spiro atoms. The lowest BCUT2D eigenvalue weighted by Gasteiger charge is -2.32. The third-order valence-corrected chi connectivity index (χ3v) is 8.46. The lowest BCUT2D eigenvalue weighted by atomic mass is 9.78. The molecule has 4 rings (SSSR count). The van der Waals surface area contributed by atoms with Crippen LogP contribution in [0.15, 0.2) is 43.0 Å². The van der Waals surface area contributed by atoms with E-state index in [-0.39, 0.29) is 37.3 Å². The van der Waals surface area contributed by atoms with E-state index in [1.807, 2.05) is 0 Å². The highest BCUT2D eigenvalue weighted by atomic mass is 31.2. The van der Waals surface area contributed by atoms with Crippen LogP contribution < -0.4 is 20.1 Å². The maximum atomic E-state index is 16.2. The summed E-state index contributed by atoms with van der Waals surface area (Å²) < 4.78 is 59.8. The highest BCUT2D eigenvalue weighted by Crippen LogP contribution is 2.51. The van der Waals surface area contributed by atoms with Crippen LogP contribution in [0.25, 0.3) is 11.2 Å². The van der Waals surface area contributed by atoms with E-state index in [0.29, 0.717) is 11.2 Å². The number of rotatable bonds is 13. The number of ether oxygens (including phenoxy) is 3. The van der Waals surface area contributed by atoms with Gasteiger partial charge in [0.15, 0.2) is 23.6 Å². The molecule has 3 heterocycles. The van der Waals surface area contributed by atoms with Gasteiger partial charge in [0.2, 0.25) is 5.88 Å². The number of nitrogens with zero attached hydrogens (tertiary/aromatic N) is 4. The van der Waals surface area contributed by atoms with Crippen molar-refractivity contribution in [3.63, 3.8) is 0 Å². The maximum Gasteiger partial charge on any atom is 0.459 e. The standard InChI is InChI=1S/C26H36FN6O7P/c1-16(2)38-25(34)17(3)32-41(35,40-18-9-7-6-8-10-18)37-13-19-26(4,11-12-28)21(27)24(39-19)33-15-31-20-22(33)29-14-30-23(20)36-5/h6-10,14-17,19,21,24H,11-13,28H2,1-5H3,(H,32,35)/t17-,19+,21?,24+,26?,41?/m0/s1. The summed E-state index contributed by atoms with van der Waals surface area (Å²) in [5.74, 6) is -0.162. The van der Waals surface area contributed by atoms with E-state index in [1.165, 1.54) is 31.3 Å². The second-order valence-corrected chi connectivity index (χ2v) is 11.9. The minimum Gasteiger partial charge on any atom is -0.479 e. The van der Waals surface area contributed by atoms with Crippen LogP contribution in [0.2, 0.25) is 0 Å². The molecule has 3 unspecified atom stereocenters. The van der Waals surface area contributed by atoms with E-state index in [2.05, 4.69) is 20.0 Å². The Morgan fingerprint density at radius 2 is 1.98 bits per heavy atom. The van der Waals surface area contributed by atoms with Crippen molar-refractivity contribution in [3.8, 4) is 11.6 Å². The Morgan fingerprint density at radius 1 is 1.24 bits per heavy atom. The predicted molar refractivity (Wildman–Crippen MR) is 147 cm³/mol. The third-order valence-electron chi connectivity index (χ3n) is 6.82. The van der Waals surface area contributed by atoms with Gasteiger partial charge in [-0.05, 0) is 45.9 Å². The molecule has 41 heavy (non-hydrogen) atoms. The van der Waals surface area contributed by atoms with Gasteiger partial charge < -0.3 is 24.5 Å². The zero-order valence-electron chi connectivity index (χ0n) is 23.6. The molecule has 1 fully saturated rings. The molecule has 0 amide bonds. The number of aromatic nitrogens is 4. The molecule has 0 bridgehead atoms. The van der Waals surface area contributed by atoms with Gasteiger partial charge in [0.1, 0.15) is 18.1 Å². The van der Waals surface area contributed by atoms with E-state index in [4.69, 9.17) is 29.0 Å². The molecule has 224 valence electrons. The minimum absolute atomic E-state index is 0.165. The van der Waals surface area contributed by atoms with Crippen LogP contribution in [-0.2, 0) is 23.4 Å².